The van der Waals surface area contributed by atoms with E-state index in [1.54, 1.807) is 0 Å². The van der Waals surface area contributed by atoms with Gasteiger partial charge < -0.3 is 9.31 Å². The summed E-state index contributed by atoms with van der Waals surface area (Å²) in [7, 11) is 0.117. The van der Waals surface area contributed by atoms with Gasteiger partial charge in [-0.3, -0.25) is 0 Å². The molecule has 0 aliphatic carbocycles. The molecule has 1 aliphatic rings. The molecule has 0 atom stereocenters. The summed E-state index contributed by atoms with van der Waals surface area (Å²) in [5.41, 5.74) is 0. The largest absolute Gasteiger partial charge is 0.457 e. The number of hydrogen-bond acceptors (Lipinski definition) is 2. The second-order valence-electron chi connectivity index (χ2n) is 3.02. The summed E-state index contributed by atoms with van der Waals surface area (Å²) in [5.74, 6) is 0. The standard InChI is InChI=1S/C8H17BO2/c1-2-3-4-5-6-9-10-7-8-11-9/h2-8H2,1H3. The normalized spacial score (nSPS) is 17.7. The minimum atomic E-state index is 0.117. The van der Waals surface area contributed by atoms with Crippen LogP contribution in [0.15, 0.2) is 0 Å². The molecule has 1 rings (SSSR count). The van der Waals surface area contributed by atoms with Crippen molar-refractivity contribution in [3.05, 3.63) is 0 Å². The van der Waals surface area contributed by atoms with Crippen LogP contribution in [0.3, 0.4) is 0 Å². The van der Waals surface area contributed by atoms with Gasteiger partial charge in [0.05, 0.1) is 13.2 Å². The number of unbranched alkanes of at least 4 members (excludes halogenated alkanes) is 3. The van der Waals surface area contributed by atoms with Gasteiger partial charge in [-0.15, -0.1) is 0 Å². The first-order valence-electron chi connectivity index (χ1n) is 4.66. The van der Waals surface area contributed by atoms with Gasteiger partial charge in [-0.25, -0.2) is 0 Å². The summed E-state index contributed by atoms with van der Waals surface area (Å²) in [6, 6.07) is 0. The van der Waals surface area contributed by atoms with E-state index < -0.39 is 0 Å². The van der Waals surface area contributed by atoms with Crippen molar-refractivity contribution in [2.75, 3.05) is 13.2 Å². The minimum Gasteiger partial charge on any atom is -0.409 e. The Kier molecular flexibility index (Phi) is 4.63. The summed E-state index contributed by atoms with van der Waals surface area (Å²) < 4.78 is 10.6. The van der Waals surface area contributed by atoms with Gasteiger partial charge in [-0.2, -0.15) is 0 Å². The van der Waals surface area contributed by atoms with Crippen LogP contribution in [-0.2, 0) is 9.31 Å². The highest BCUT2D eigenvalue weighted by atomic mass is 16.6. The Morgan fingerprint density at radius 3 is 2.45 bits per heavy atom. The first kappa shape index (κ1) is 9.08. The summed E-state index contributed by atoms with van der Waals surface area (Å²) in [4.78, 5) is 0. The maximum absolute atomic E-state index is 5.31. The Morgan fingerprint density at radius 1 is 1.09 bits per heavy atom. The molecule has 3 heteroatoms. The molecule has 64 valence electrons. The highest BCUT2D eigenvalue weighted by molar-refractivity contribution is 6.44. The molecule has 1 aliphatic heterocycles. The third kappa shape index (κ3) is 3.78. The monoisotopic (exact) mass is 156 g/mol. The Morgan fingerprint density at radius 2 is 1.82 bits per heavy atom. The molecule has 1 saturated heterocycles. The lowest BCUT2D eigenvalue weighted by molar-refractivity contribution is 0.365. The Hall–Kier alpha value is -0.0151. The fraction of sp³-hybridized carbons (Fsp3) is 1.00. The van der Waals surface area contributed by atoms with E-state index in [0.29, 0.717) is 0 Å². The van der Waals surface area contributed by atoms with Crippen molar-refractivity contribution in [1.82, 2.24) is 0 Å². The first-order valence-corrected chi connectivity index (χ1v) is 4.66. The lowest BCUT2D eigenvalue weighted by Crippen LogP contribution is -2.12. The molecule has 0 spiro atoms. The fourth-order valence-corrected chi connectivity index (χ4v) is 1.31. The van der Waals surface area contributed by atoms with Gasteiger partial charge in [-0.1, -0.05) is 32.6 Å². The van der Waals surface area contributed by atoms with Crippen molar-refractivity contribution in [2.45, 2.75) is 38.9 Å². The van der Waals surface area contributed by atoms with Crippen molar-refractivity contribution >= 4 is 7.12 Å². The lowest BCUT2D eigenvalue weighted by atomic mass is 9.82. The predicted octanol–water partition coefficient (Wildman–Crippen LogP) is 2.10. The van der Waals surface area contributed by atoms with Crippen LogP contribution < -0.4 is 0 Å². The average Bonchev–Trinajstić information content (AvgIpc) is 2.50. The Labute approximate surface area is 69.4 Å². The van der Waals surface area contributed by atoms with Gasteiger partial charge in [0.15, 0.2) is 0 Å². The van der Waals surface area contributed by atoms with Crippen molar-refractivity contribution in [3.63, 3.8) is 0 Å². The first-order chi connectivity index (χ1) is 5.43. The van der Waals surface area contributed by atoms with Crippen LogP contribution in [0.25, 0.3) is 0 Å². The lowest BCUT2D eigenvalue weighted by Gasteiger charge is -2.01. The summed E-state index contributed by atoms with van der Waals surface area (Å²) >= 11 is 0. The summed E-state index contributed by atoms with van der Waals surface area (Å²) in [5, 5.41) is 0. The van der Waals surface area contributed by atoms with Crippen molar-refractivity contribution in [1.29, 1.82) is 0 Å². The molecule has 0 aromatic heterocycles. The predicted molar refractivity (Wildman–Crippen MR) is 46.6 cm³/mol. The summed E-state index contributed by atoms with van der Waals surface area (Å²) in [6.07, 6.45) is 6.29. The van der Waals surface area contributed by atoms with Crippen LogP contribution >= 0.6 is 0 Å². The maximum Gasteiger partial charge on any atom is 0.457 e. The average molecular weight is 156 g/mol. The van der Waals surface area contributed by atoms with Crippen LogP contribution in [0, 0.1) is 0 Å². The van der Waals surface area contributed by atoms with Crippen LogP contribution in [0.2, 0.25) is 6.32 Å². The van der Waals surface area contributed by atoms with Crippen molar-refractivity contribution < 1.29 is 9.31 Å². The van der Waals surface area contributed by atoms with Gasteiger partial charge in [-0.05, 0) is 6.32 Å². The van der Waals surface area contributed by atoms with Crippen LogP contribution in [0.5, 0.6) is 0 Å². The van der Waals surface area contributed by atoms with E-state index in [1.807, 2.05) is 0 Å². The van der Waals surface area contributed by atoms with E-state index in [4.69, 9.17) is 9.31 Å². The van der Waals surface area contributed by atoms with Gasteiger partial charge in [0.2, 0.25) is 0 Å². The molecule has 0 bridgehead atoms. The maximum atomic E-state index is 5.31. The van der Waals surface area contributed by atoms with Gasteiger partial charge in [0, 0.05) is 0 Å². The van der Waals surface area contributed by atoms with E-state index in [1.165, 1.54) is 25.7 Å². The fourth-order valence-electron chi connectivity index (χ4n) is 1.31. The molecule has 0 amide bonds. The Balaban J connectivity index is 1.86. The summed E-state index contributed by atoms with van der Waals surface area (Å²) in [6.45, 7) is 3.81. The molecular weight excluding hydrogens is 139 g/mol. The second kappa shape index (κ2) is 5.61. The SMILES string of the molecule is CCCCCCB1OCCO1. The Bertz CT molecular complexity index is 92.1. The third-order valence-corrected chi connectivity index (χ3v) is 1.98. The second-order valence-corrected chi connectivity index (χ2v) is 3.02. The molecule has 0 aromatic carbocycles. The van der Waals surface area contributed by atoms with E-state index in [9.17, 15) is 0 Å². The molecule has 2 nitrogen and oxygen atoms in total. The van der Waals surface area contributed by atoms with E-state index >= 15 is 0 Å². The van der Waals surface area contributed by atoms with E-state index in [-0.39, 0.29) is 7.12 Å². The van der Waals surface area contributed by atoms with Crippen LogP contribution in [-0.4, -0.2) is 20.3 Å². The molecule has 0 N–H and O–H groups in total. The molecule has 1 heterocycles. The molecule has 0 unspecified atom stereocenters. The smallest absolute Gasteiger partial charge is 0.409 e. The van der Waals surface area contributed by atoms with E-state index in [2.05, 4.69) is 6.92 Å². The zero-order valence-electron chi connectivity index (χ0n) is 7.34. The third-order valence-electron chi connectivity index (χ3n) is 1.98. The zero-order chi connectivity index (χ0) is 7.94. The topological polar surface area (TPSA) is 18.5 Å². The van der Waals surface area contributed by atoms with Crippen LogP contribution in [0.4, 0.5) is 0 Å². The quantitative estimate of drug-likeness (QED) is 0.448. The van der Waals surface area contributed by atoms with Crippen LogP contribution in [0.1, 0.15) is 32.6 Å². The van der Waals surface area contributed by atoms with Gasteiger partial charge in [0.1, 0.15) is 0 Å². The van der Waals surface area contributed by atoms with Crippen molar-refractivity contribution in [3.8, 4) is 0 Å². The van der Waals surface area contributed by atoms with Gasteiger partial charge >= 0.3 is 7.12 Å². The number of hydrogen-bond donors (Lipinski definition) is 0. The van der Waals surface area contributed by atoms with Gasteiger partial charge in [0.25, 0.3) is 0 Å². The molecule has 11 heavy (non-hydrogen) atoms. The minimum absolute atomic E-state index is 0.117. The molecule has 0 radical (unpaired) electrons. The molecule has 1 fully saturated rings. The molecule has 0 saturated carbocycles. The highest BCUT2D eigenvalue weighted by Gasteiger charge is 2.21. The van der Waals surface area contributed by atoms with Crippen molar-refractivity contribution in [2.24, 2.45) is 0 Å². The highest BCUT2D eigenvalue weighted by Crippen LogP contribution is 2.10. The zero-order valence-corrected chi connectivity index (χ0v) is 7.34. The molecular formula is C8H17BO2. The number of rotatable bonds is 5. The molecule has 0 aromatic rings. The van der Waals surface area contributed by atoms with E-state index in [0.717, 1.165) is 19.5 Å².